The molecule has 17 heavy (non-hydrogen) atoms. The SMILES string of the molecule is CC(=O)Oc1nc(-c2ccc(Br)cc2)oc1C. The number of nitrogens with zero attached hydrogens (tertiary/aromatic N) is 1. The van der Waals surface area contributed by atoms with Crippen molar-refractivity contribution in [3.05, 3.63) is 34.5 Å². The zero-order chi connectivity index (χ0) is 12.4. The third kappa shape index (κ3) is 2.74. The van der Waals surface area contributed by atoms with E-state index >= 15 is 0 Å². The molecule has 0 saturated carbocycles. The van der Waals surface area contributed by atoms with Crippen molar-refractivity contribution >= 4 is 21.9 Å². The number of aromatic nitrogens is 1. The van der Waals surface area contributed by atoms with Gasteiger partial charge in [-0.05, 0) is 31.2 Å². The molecule has 2 rings (SSSR count). The van der Waals surface area contributed by atoms with Gasteiger partial charge in [-0.25, -0.2) is 0 Å². The minimum atomic E-state index is -0.413. The Morgan fingerprint density at radius 2 is 2.00 bits per heavy atom. The molecule has 1 heterocycles. The number of esters is 1. The van der Waals surface area contributed by atoms with Gasteiger partial charge in [-0.3, -0.25) is 4.79 Å². The lowest BCUT2D eigenvalue weighted by Gasteiger charge is -1.94. The second-order valence-corrected chi connectivity index (χ2v) is 4.40. The molecular weight excluding hydrogens is 286 g/mol. The van der Waals surface area contributed by atoms with Gasteiger partial charge in [0.1, 0.15) is 0 Å². The summed E-state index contributed by atoms with van der Waals surface area (Å²) in [6, 6.07) is 7.51. The van der Waals surface area contributed by atoms with E-state index in [1.54, 1.807) is 6.92 Å². The number of carbonyl (C=O) groups is 1. The Bertz CT molecular complexity index is 545. The summed E-state index contributed by atoms with van der Waals surface area (Å²) in [7, 11) is 0. The lowest BCUT2D eigenvalue weighted by molar-refractivity contribution is -0.132. The average molecular weight is 296 g/mol. The van der Waals surface area contributed by atoms with Crippen LogP contribution < -0.4 is 4.74 Å². The van der Waals surface area contributed by atoms with Crippen LogP contribution in [0.2, 0.25) is 0 Å². The van der Waals surface area contributed by atoms with Gasteiger partial charge in [0.15, 0.2) is 5.76 Å². The van der Waals surface area contributed by atoms with Crippen LogP contribution in [0.25, 0.3) is 11.5 Å². The lowest BCUT2D eigenvalue weighted by Crippen LogP contribution is -2.02. The molecule has 4 nitrogen and oxygen atoms in total. The zero-order valence-electron chi connectivity index (χ0n) is 9.36. The first kappa shape index (κ1) is 11.9. The highest BCUT2D eigenvalue weighted by molar-refractivity contribution is 9.10. The number of benzene rings is 1. The highest BCUT2D eigenvalue weighted by Gasteiger charge is 2.13. The van der Waals surface area contributed by atoms with Crippen LogP contribution >= 0.6 is 15.9 Å². The van der Waals surface area contributed by atoms with E-state index in [0.29, 0.717) is 11.7 Å². The third-order valence-corrected chi connectivity index (χ3v) is 2.61. The largest absolute Gasteiger partial charge is 0.437 e. The highest BCUT2D eigenvalue weighted by atomic mass is 79.9. The van der Waals surface area contributed by atoms with Crippen molar-refractivity contribution in [2.24, 2.45) is 0 Å². The van der Waals surface area contributed by atoms with Crippen LogP contribution in [0.3, 0.4) is 0 Å². The van der Waals surface area contributed by atoms with E-state index in [9.17, 15) is 4.79 Å². The topological polar surface area (TPSA) is 52.3 Å². The van der Waals surface area contributed by atoms with Crippen molar-refractivity contribution in [1.82, 2.24) is 4.98 Å². The molecule has 0 aliphatic heterocycles. The molecule has 0 amide bonds. The fourth-order valence-electron chi connectivity index (χ4n) is 1.33. The van der Waals surface area contributed by atoms with Crippen molar-refractivity contribution in [3.63, 3.8) is 0 Å². The Kier molecular flexibility index (Phi) is 3.28. The molecule has 0 radical (unpaired) electrons. The quantitative estimate of drug-likeness (QED) is 0.798. The van der Waals surface area contributed by atoms with Crippen molar-refractivity contribution < 1.29 is 13.9 Å². The first-order valence-electron chi connectivity index (χ1n) is 4.98. The van der Waals surface area contributed by atoms with Gasteiger partial charge in [0.05, 0.1) is 0 Å². The minimum Gasteiger partial charge on any atom is -0.437 e. The van der Waals surface area contributed by atoms with E-state index in [0.717, 1.165) is 10.0 Å². The number of ether oxygens (including phenoxy) is 1. The number of carbonyl (C=O) groups excluding carboxylic acids is 1. The van der Waals surface area contributed by atoms with Crippen LogP contribution in [0.5, 0.6) is 5.88 Å². The smallest absolute Gasteiger partial charge is 0.309 e. The number of rotatable bonds is 2. The van der Waals surface area contributed by atoms with Gasteiger partial charge >= 0.3 is 5.97 Å². The van der Waals surface area contributed by atoms with E-state index in [-0.39, 0.29) is 5.88 Å². The summed E-state index contributed by atoms with van der Waals surface area (Å²) in [4.78, 5) is 15.0. The van der Waals surface area contributed by atoms with Gasteiger partial charge in [-0.15, -0.1) is 0 Å². The molecule has 0 atom stereocenters. The summed E-state index contributed by atoms with van der Waals surface area (Å²) >= 11 is 3.35. The average Bonchev–Trinajstić information content (AvgIpc) is 2.60. The fraction of sp³-hybridized carbons (Fsp3) is 0.167. The predicted octanol–water partition coefficient (Wildman–Crippen LogP) is 3.34. The molecule has 1 aromatic heterocycles. The lowest BCUT2D eigenvalue weighted by atomic mass is 10.2. The van der Waals surface area contributed by atoms with Gasteiger partial charge in [-0.1, -0.05) is 15.9 Å². The van der Waals surface area contributed by atoms with Gasteiger partial charge in [0.25, 0.3) is 5.88 Å². The van der Waals surface area contributed by atoms with Crippen LogP contribution in [-0.4, -0.2) is 11.0 Å². The number of halogens is 1. The normalized spacial score (nSPS) is 10.3. The maximum Gasteiger partial charge on any atom is 0.309 e. The van der Waals surface area contributed by atoms with E-state index in [2.05, 4.69) is 20.9 Å². The second kappa shape index (κ2) is 4.71. The van der Waals surface area contributed by atoms with Crippen LogP contribution in [0, 0.1) is 6.92 Å². The third-order valence-electron chi connectivity index (χ3n) is 2.09. The van der Waals surface area contributed by atoms with Crippen LogP contribution in [0.15, 0.2) is 33.2 Å². The minimum absolute atomic E-state index is 0.218. The molecule has 2 aromatic rings. The summed E-state index contributed by atoms with van der Waals surface area (Å²) < 4.78 is 11.3. The van der Waals surface area contributed by atoms with Crippen LogP contribution in [0.4, 0.5) is 0 Å². The molecule has 0 bridgehead atoms. The monoisotopic (exact) mass is 295 g/mol. The Morgan fingerprint density at radius 3 is 2.59 bits per heavy atom. The molecule has 0 saturated heterocycles. The standard InChI is InChI=1S/C12H10BrNO3/c1-7-11(17-8(2)15)14-12(16-7)9-3-5-10(13)6-4-9/h3-6H,1-2H3. The van der Waals surface area contributed by atoms with Gasteiger partial charge in [-0.2, -0.15) is 4.98 Å². The number of aryl methyl sites for hydroxylation is 1. The first-order valence-corrected chi connectivity index (χ1v) is 5.77. The first-order chi connectivity index (χ1) is 8.06. The van der Waals surface area contributed by atoms with Crippen molar-refractivity contribution in [2.75, 3.05) is 0 Å². The van der Waals surface area contributed by atoms with Crippen LogP contribution in [-0.2, 0) is 4.79 Å². The van der Waals surface area contributed by atoms with Crippen molar-refractivity contribution in [2.45, 2.75) is 13.8 Å². The molecule has 0 N–H and O–H groups in total. The number of hydrogen-bond donors (Lipinski definition) is 0. The Morgan fingerprint density at radius 1 is 1.35 bits per heavy atom. The molecular formula is C12H10BrNO3. The van der Waals surface area contributed by atoms with Gasteiger partial charge in [0.2, 0.25) is 5.89 Å². The fourth-order valence-corrected chi connectivity index (χ4v) is 1.59. The summed E-state index contributed by atoms with van der Waals surface area (Å²) in [5.41, 5.74) is 0.828. The second-order valence-electron chi connectivity index (χ2n) is 3.48. The molecule has 0 spiro atoms. The molecule has 5 heteroatoms. The summed E-state index contributed by atoms with van der Waals surface area (Å²) in [5, 5.41) is 0. The van der Waals surface area contributed by atoms with E-state index in [4.69, 9.17) is 9.15 Å². The van der Waals surface area contributed by atoms with Crippen molar-refractivity contribution in [1.29, 1.82) is 0 Å². The predicted molar refractivity (Wildman–Crippen MR) is 65.7 cm³/mol. The van der Waals surface area contributed by atoms with E-state index in [1.165, 1.54) is 6.92 Å². The summed E-state index contributed by atoms with van der Waals surface area (Å²) in [6.45, 7) is 3.03. The van der Waals surface area contributed by atoms with Gasteiger partial charge < -0.3 is 9.15 Å². The molecule has 0 fully saturated rings. The van der Waals surface area contributed by atoms with E-state index in [1.807, 2.05) is 24.3 Å². The Labute approximate surface area is 107 Å². The molecule has 0 unspecified atom stereocenters. The molecule has 1 aromatic carbocycles. The van der Waals surface area contributed by atoms with E-state index < -0.39 is 5.97 Å². The van der Waals surface area contributed by atoms with Crippen molar-refractivity contribution in [3.8, 4) is 17.3 Å². The maximum atomic E-state index is 10.8. The molecule has 88 valence electrons. The zero-order valence-corrected chi connectivity index (χ0v) is 10.9. The number of oxazole rings is 1. The maximum absolute atomic E-state index is 10.8. The molecule has 0 aliphatic carbocycles. The Balaban J connectivity index is 2.34. The molecule has 0 aliphatic rings. The summed E-state index contributed by atoms with van der Waals surface area (Å²) in [5.74, 6) is 0.726. The number of hydrogen-bond acceptors (Lipinski definition) is 4. The Hall–Kier alpha value is -1.62. The van der Waals surface area contributed by atoms with Crippen LogP contribution in [0.1, 0.15) is 12.7 Å². The highest BCUT2D eigenvalue weighted by Crippen LogP contribution is 2.27. The van der Waals surface area contributed by atoms with Gasteiger partial charge in [0, 0.05) is 17.0 Å². The summed E-state index contributed by atoms with van der Waals surface area (Å²) in [6.07, 6.45) is 0.